The van der Waals surface area contributed by atoms with Crippen molar-refractivity contribution in [3.63, 3.8) is 0 Å². The molecule has 3 N–H and O–H groups in total. The topological polar surface area (TPSA) is 99.5 Å². The zero-order chi connectivity index (χ0) is 15.1. The first kappa shape index (κ1) is 16.1. The van der Waals surface area contributed by atoms with E-state index in [4.69, 9.17) is 12.2 Å². The van der Waals surface area contributed by atoms with Gasteiger partial charge in [0.15, 0.2) is 4.77 Å². The van der Waals surface area contributed by atoms with Crippen LogP contribution in [0.3, 0.4) is 0 Å². The molecule has 0 saturated heterocycles. The summed E-state index contributed by atoms with van der Waals surface area (Å²) in [6.45, 7) is 4.17. The van der Waals surface area contributed by atoms with Gasteiger partial charge in [0.1, 0.15) is 5.56 Å². The molecule has 20 heavy (non-hydrogen) atoms. The molecule has 0 aliphatic heterocycles. The summed E-state index contributed by atoms with van der Waals surface area (Å²) in [5.74, 6) is -0.505. The molecular weight excluding hydrogens is 280 g/mol. The summed E-state index contributed by atoms with van der Waals surface area (Å²) >= 11 is 4.92. The van der Waals surface area contributed by atoms with E-state index >= 15 is 0 Å². The zero-order valence-electron chi connectivity index (χ0n) is 11.5. The number of hydrogen-bond donors (Lipinski definition) is 3. The van der Waals surface area contributed by atoms with E-state index in [0.717, 1.165) is 19.1 Å². The van der Waals surface area contributed by atoms with Crippen LogP contribution in [0, 0.1) is 4.77 Å². The summed E-state index contributed by atoms with van der Waals surface area (Å²) in [5.41, 5.74) is 1.71. The number of carbonyl (C=O) groups excluding carboxylic acids is 1. The third kappa shape index (κ3) is 4.02. The number of aromatic amines is 1. The lowest BCUT2D eigenvalue weighted by Crippen LogP contribution is -2.21. The second-order valence-electron chi connectivity index (χ2n) is 4.14. The molecule has 0 bridgehead atoms. The molecule has 0 atom stereocenters. The van der Waals surface area contributed by atoms with Crippen molar-refractivity contribution < 1.29 is 9.90 Å². The lowest BCUT2D eigenvalue weighted by molar-refractivity contribution is -0.121. The predicted octanol–water partition coefficient (Wildman–Crippen LogP) is 1.27. The molecule has 1 aromatic heterocycles. The van der Waals surface area contributed by atoms with Gasteiger partial charge in [-0.25, -0.2) is 5.43 Å². The van der Waals surface area contributed by atoms with Gasteiger partial charge in [-0.1, -0.05) is 13.3 Å². The summed E-state index contributed by atoms with van der Waals surface area (Å²) in [4.78, 5) is 25.5. The van der Waals surface area contributed by atoms with Crippen LogP contribution < -0.4 is 11.0 Å². The quantitative estimate of drug-likeness (QED) is 0.418. The fourth-order valence-corrected chi connectivity index (χ4v) is 1.86. The molecule has 0 fully saturated rings. The number of nitrogens with zero attached hydrogens (tertiary/aromatic N) is 2. The number of hydrazone groups is 1. The van der Waals surface area contributed by atoms with Crippen molar-refractivity contribution in [2.24, 2.45) is 5.10 Å². The van der Waals surface area contributed by atoms with E-state index in [1.54, 1.807) is 6.92 Å². The molecule has 1 rings (SSSR count). The van der Waals surface area contributed by atoms with E-state index < -0.39 is 5.56 Å². The molecule has 7 nitrogen and oxygen atoms in total. The van der Waals surface area contributed by atoms with Gasteiger partial charge in [-0.3, -0.25) is 19.1 Å². The molecule has 0 aliphatic carbocycles. The summed E-state index contributed by atoms with van der Waals surface area (Å²) in [6.07, 6.45) is 3.16. The Morgan fingerprint density at radius 1 is 1.55 bits per heavy atom. The van der Waals surface area contributed by atoms with Crippen molar-refractivity contribution in [1.82, 2.24) is 15.0 Å². The highest BCUT2D eigenvalue weighted by molar-refractivity contribution is 7.71. The average molecular weight is 298 g/mol. The number of unbranched alkanes of at least 4 members (excludes halogenated alkanes) is 1. The van der Waals surface area contributed by atoms with Crippen LogP contribution in [0.2, 0.25) is 0 Å². The van der Waals surface area contributed by atoms with Crippen molar-refractivity contribution in [1.29, 1.82) is 0 Å². The minimum Gasteiger partial charge on any atom is -0.494 e. The van der Waals surface area contributed by atoms with Crippen molar-refractivity contribution in [2.75, 3.05) is 0 Å². The normalized spacial score (nSPS) is 10.9. The van der Waals surface area contributed by atoms with E-state index in [2.05, 4.69) is 15.5 Å². The Kier molecular flexibility index (Phi) is 6.10. The number of carbonyl (C=O) groups is 1. The number of nitrogens with one attached hydrogen (secondary N) is 2. The Morgan fingerprint density at radius 3 is 2.85 bits per heavy atom. The van der Waals surface area contributed by atoms with Gasteiger partial charge in [0.05, 0.1) is 6.21 Å². The monoisotopic (exact) mass is 298 g/mol. The maximum atomic E-state index is 11.7. The van der Waals surface area contributed by atoms with Crippen LogP contribution in [0.15, 0.2) is 9.90 Å². The molecule has 110 valence electrons. The number of aromatic hydroxyl groups is 1. The fraction of sp³-hybridized carbons (Fsp3) is 0.500. The third-order valence-corrected chi connectivity index (χ3v) is 2.99. The van der Waals surface area contributed by atoms with Crippen molar-refractivity contribution >= 4 is 24.3 Å². The Morgan fingerprint density at radius 2 is 2.25 bits per heavy atom. The number of amides is 1. The van der Waals surface area contributed by atoms with Crippen molar-refractivity contribution in [2.45, 2.75) is 39.7 Å². The largest absolute Gasteiger partial charge is 0.494 e. The average Bonchev–Trinajstić information content (AvgIpc) is 2.40. The molecule has 1 heterocycles. The molecule has 1 aromatic rings. The first-order chi connectivity index (χ1) is 9.51. The Balaban J connectivity index is 2.90. The van der Waals surface area contributed by atoms with E-state index in [0.29, 0.717) is 13.0 Å². The predicted molar refractivity (Wildman–Crippen MR) is 78.5 cm³/mol. The molecule has 1 amide bonds. The highest BCUT2D eigenvalue weighted by atomic mass is 32.1. The third-order valence-electron chi connectivity index (χ3n) is 2.66. The van der Waals surface area contributed by atoms with Crippen molar-refractivity contribution in [3.05, 3.63) is 20.7 Å². The number of rotatable bonds is 6. The van der Waals surface area contributed by atoms with Crippen LogP contribution in [0.25, 0.3) is 0 Å². The minimum absolute atomic E-state index is 0.0451. The number of aromatic nitrogens is 2. The van der Waals surface area contributed by atoms with Gasteiger partial charge < -0.3 is 5.11 Å². The second kappa shape index (κ2) is 7.59. The van der Waals surface area contributed by atoms with Crippen LogP contribution in [-0.2, 0) is 11.3 Å². The zero-order valence-corrected chi connectivity index (χ0v) is 12.3. The number of H-pyrrole nitrogens is 1. The van der Waals surface area contributed by atoms with Gasteiger partial charge in [0.2, 0.25) is 11.8 Å². The molecule has 0 spiro atoms. The lowest BCUT2D eigenvalue weighted by atomic mass is 10.2. The van der Waals surface area contributed by atoms with Gasteiger partial charge in [-0.05, 0) is 25.6 Å². The molecule has 0 unspecified atom stereocenters. The van der Waals surface area contributed by atoms with E-state index in [-0.39, 0.29) is 22.1 Å². The first-order valence-electron chi connectivity index (χ1n) is 6.39. The van der Waals surface area contributed by atoms with E-state index in [1.807, 2.05) is 6.92 Å². The highest BCUT2D eigenvalue weighted by Gasteiger charge is 2.09. The summed E-state index contributed by atoms with van der Waals surface area (Å²) < 4.78 is 1.50. The summed E-state index contributed by atoms with van der Waals surface area (Å²) in [7, 11) is 0. The van der Waals surface area contributed by atoms with Gasteiger partial charge in [-0.15, -0.1) is 0 Å². The molecule has 0 aromatic carbocycles. The first-order valence-corrected chi connectivity index (χ1v) is 6.80. The fourth-order valence-electron chi connectivity index (χ4n) is 1.55. The van der Waals surface area contributed by atoms with Gasteiger partial charge in [0, 0.05) is 13.0 Å². The van der Waals surface area contributed by atoms with Gasteiger partial charge >= 0.3 is 0 Å². The summed E-state index contributed by atoms with van der Waals surface area (Å²) in [6, 6.07) is 0. The Labute approximate surface area is 121 Å². The SMILES string of the molecule is CCCCC(=O)NN=Cc1c(O)n(CC)c(=S)[nH]c1=O. The van der Waals surface area contributed by atoms with E-state index in [9.17, 15) is 14.7 Å². The lowest BCUT2D eigenvalue weighted by Gasteiger charge is -2.07. The maximum Gasteiger partial charge on any atom is 0.264 e. The van der Waals surface area contributed by atoms with Gasteiger partial charge in [0.25, 0.3) is 5.56 Å². The number of hydrogen-bond acceptors (Lipinski definition) is 5. The maximum absolute atomic E-state index is 11.7. The van der Waals surface area contributed by atoms with Crippen LogP contribution in [0.1, 0.15) is 38.7 Å². The summed E-state index contributed by atoms with van der Waals surface area (Å²) in [5, 5.41) is 13.6. The van der Waals surface area contributed by atoms with Crippen LogP contribution in [0.4, 0.5) is 0 Å². The Bertz CT molecular complexity index is 618. The highest BCUT2D eigenvalue weighted by Crippen LogP contribution is 2.10. The molecule has 8 heteroatoms. The minimum atomic E-state index is -0.552. The molecule has 0 radical (unpaired) electrons. The van der Waals surface area contributed by atoms with Crippen molar-refractivity contribution in [3.8, 4) is 5.88 Å². The van der Waals surface area contributed by atoms with Crippen LogP contribution in [-0.4, -0.2) is 26.8 Å². The van der Waals surface area contributed by atoms with E-state index in [1.165, 1.54) is 4.57 Å². The Hall–Kier alpha value is -1.96. The van der Waals surface area contributed by atoms with Crippen LogP contribution in [0.5, 0.6) is 5.88 Å². The molecule has 0 aliphatic rings. The van der Waals surface area contributed by atoms with Gasteiger partial charge in [-0.2, -0.15) is 5.10 Å². The standard InChI is InChI=1S/C12H18N4O3S/c1-3-5-6-9(17)15-13-7-8-10(18)14-12(20)16(4-2)11(8)19/h7,19H,3-6H2,1-2H3,(H,15,17)(H,14,18,20). The second-order valence-corrected chi connectivity index (χ2v) is 4.52. The molecule has 0 saturated carbocycles. The smallest absolute Gasteiger partial charge is 0.264 e. The van der Waals surface area contributed by atoms with Crippen LogP contribution >= 0.6 is 12.2 Å². The molecular formula is C12H18N4O3S.